The van der Waals surface area contributed by atoms with Gasteiger partial charge in [-0.1, -0.05) is 12.1 Å². The van der Waals surface area contributed by atoms with Crippen LogP contribution in [-0.2, 0) is 6.42 Å². The number of fused-ring (bicyclic) bond motifs is 1. The van der Waals surface area contributed by atoms with Crippen molar-refractivity contribution in [3.8, 4) is 6.07 Å². The van der Waals surface area contributed by atoms with Gasteiger partial charge in [0.25, 0.3) is 0 Å². The Labute approximate surface area is 85.7 Å². The van der Waals surface area contributed by atoms with E-state index in [2.05, 4.69) is 4.98 Å². The molecule has 2 N–H and O–H groups in total. The van der Waals surface area contributed by atoms with E-state index < -0.39 is 6.03 Å². The lowest BCUT2D eigenvalue weighted by atomic mass is 10.3. The Balaban J connectivity index is 2.75. The SMILES string of the molecule is N#CCc1nc2ccccc2n1C(N)=O. The van der Waals surface area contributed by atoms with Crippen molar-refractivity contribution < 1.29 is 4.79 Å². The van der Waals surface area contributed by atoms with Crippen molar-refractivity contribution in [3.05, 3.63) is 30.1 Å². The highest BCUT2D eigenvalue weighted by molar-refractivity contribution is 5.89. The number of imidazole rings is 1. The van der Waals surface area contributed by atoms with Gasteiger partial charge in [0, 0.05) is 0 Å². The number of benzene rings is 1. The van der Waals surface area contributed by atoms with Gasteiger partial charge in [-0.2, -0.15) is 5.26 Å². The Bertz CT molecular complexity index is 564. The van der Waals surface area contributed by atoms with Crippen LogP contribution in [0.15, 0.2) is 24.3 Å². The van der Waals surface area contributed by atoms with Crippen LogP contribution in [0.3, 0.4) is 0 Å². The molecule has 2 rings (SSSR count). The fourth-order valence-corrected chi connectivity index (χ4v) is 1.51. The summed E-state index contributed by atoms with van der Waals surface area (Å²) in [5.74, 6) is 0.381. The van der Waals surface area contributed by atoms with Gasteiger partial charge in [0.05, 0.1) is 23.5 Å². The molecule has 0 unspecified atom stereocenters. The van der Waals surface area contributed by atoms with Crippen LogP contribution in [0.1, 0.15) is 5.82 Å². The van der Waals surface area contributed by atoms with E-state index in [0.29, 0.717) is 16.9 Å². The van der Waals surface area contributed by atoms with Gasteiger partial charge in [0.15, 0.2) is 0 Å². The summed E-state index contributed by atoms with van der Waals surface area (Å²) < 4.78 is 1.26. The lowest BCUT2D eigenvalue weighted by Crippen LogP contribution is -2.21. The topological polar surface area (TPSA) is 84.7 Å². The molecule has 5 nitrogen and oxygen atoms in total. The number of nitriles is 1. The van der Waals surface area contributed by atoms with Crippen molar-refractivity contribution >= 4 is 17.1 Å². The number of aromatic nitrogens is 2. The molecule has 0 saturated carbocycles. The van der Waals surface area contributed by atoms with E-state index in [4.69, 9.17) is 11.0 Å². The summed E-state index contributed by atoms with van der Waals surface area (Å²) in [6, 6.07) is 8.46. The van der Waals surface area contributed by atoms with Crippen molar-refractivity contribution in [2.75, 3.05) is 0 Å². The minimum Gasteiger partial charge on any atom is -0.351 e. The first-order valence-corrected chi connectivity index (χ1v) is 4.37. The minimum absolute atomic E-state index is 0.0671. The molecule has 0 saturated heterocycles. The number of amides is 1. The molecule has 0 spiro atoms. The molecule has 5 heteroatoms. The molecule has 1 amide bonds. The number of nitrogens with zero attached hydrogens (tertiary/aromatic N) is 3. The van der Waals surface area contributed by atoms with E-state index in [-0.39, 0.29) is 6.42 Å². The van der Waals surface area contributed by atoms with Crippen LogP contribution in [0.25, 0.3) is 11.0 Å². The predicted octanol–water partition coefficient (Wildman–Crippen LogP) is 1.03. The first kappa shape index (κ1) is 9.21. The largest absolute Gasteiger partial charge is 0.351 e. The molecule has 15 heavy (non-hydrogen) atoms. The second kappa shape index (κ2) is 3.42. The van der Waals surface area contributed by atoms with E-state index in [1.54, 1.807) is 18.2 Å². The lowest BCUT2D eigenvalue weighted by Gasteiger charge is -1.99. The van der Waals surface area contributed by atoms with Gasteiger partial charge in [0.2, 0.25) is 0 Å². The summed E-state index contributed by atoms with van der Waals surface area (Å²) in [6.45, 7) is 0. The number of para-hydroxylation sites is 2. The Kier molecular flexibility index (Phi) is 2.10. The number of primary amides is 1. The zero-order valence-electron chi connectivity index (χ0n) is 7.84. The van der Waals surface area contributed by atoms with Crippen molar-refractivity contribution in [2.45, 2.75) is 6.42 Å². The summed E-state index contributed by atoms with van der Waals surface area (Å²) in [6.07, 6.45) is 0.0671. The van der Waals surface area contributed by atoms with Crippen LogP contribution in [-0.4, -0.2) is 15.6 Å². The highest BCUT2D eigenvalue weighted by atomic mass is 16.2. The highest BCUT2D eigenvalue weighted by Gasteiger charge is 2.13. The van der Waals surface area contributed by atoms with Crippen LogP contribution in [0.4, 0.5) is 4.79 Å². The van der Waals surface area contributed by atoms with Gasteiger partial charge in [0.1, 0.15) is 5.82 Å². The maximum atomic E-state index is 11.2. The number of hydrogen-bond acceptors (Lipinski definition) is 3. The molecule has 0 radical (unpaired) electrons. The van der Waals surface area contributed by atoms with E-state index in [9.17, 15) is 4.79 Å². The standard InChI is InChI=1S/C10H8N4O/c11-6-5-9-13-7-3-1-2-4-8(7)14(9)10(12)15/h1-4H,5H2,(H2,12,15). The molecular weight excluding hydrogens is 192 g/mol. The summed E-state index contributed by atoms with van der Waals surface area (Å²) >= 11 is 0. The van der Waals surface area contributed by atoms with Gasteiger partial charge in [-0.3, -0.25) is 0 Å². The molecule has 74 valence electrons. The molecule has 1 aromatic heterocycles. The quantitative estimate of drug-likeness (QED) is 0.745. The number of carbonyl (C=O) groups is 1. The predicted molar refractivity (Wildman–Crippen MR) is 54.0 cm³/mol. The van der Waals surface area contributed by atoms with Crippen LogP contribution < -0.4 is 5.73 Å². The van der Waals surface area contributed by atoms with Crippen molar-refractivity contribution in [2.24, 2.45) is 5.73 Å². The lowest BCUT2D eigenvalue weighted by molar-refractivity contribution is 0.250. The van der Waals surface area contributed by atoms with E-state index in [1.165, 1.54) is 4.57 Å². The monoisotopic (exact) mass is 200 g/mol. The first-order valence-electron chi connectivity index (χ1n) is 4.37. The number of nitrogens with two attached hydrogens (primary N) is 1. The minimum atomic E-state index is -0.617. The van der Waals surface area contributed by atoms with Gasteiger partial charge in [-0.05, 0) is 12.1 Å². The van der Waals surface area contributed by atoms with Gasteiger partial charge in [-0.25, -0.2) is 14.3 Å². The number of hydrogen-bond donors (Lipinski definition) is 1. The van der Waals surface area contributed by atoms with Crippen LogP contribution in [0.2, 0.25) is 0 Å². The third-order valence-electron chi connectivity index (χ3n) is 2.09. The van der Waals surface area contributed by atoms with Crippen molar-refractivity contribution in [1.82, 2.24) is 9.55 Å². The molecule has 0 atom stereocenters. The van der Waals surface area contributed by atoms with E-state index >= 15 is 0 Å². The highest BCUT2D eigenvalue weighted by Crippen LogP contribution is 2.15. The number of carbonyl (C=O) groups excluding carboxylic acids is 1. The smallest absolute Gasteiger partial charge is 0.324 e. The van der Waals surface area contributed by atoms with E-state index in [1.807, 2.05) is 12.1 Å². The molecular formula is C10H8N4O. The van der Waals surface area contributed by atoms with Gasteiger partial charge < -0.3 is 5.73 Å². The second-order valence-electron chi connectivity index (χ2n) is 3.03. The van der Waals surface area contributed by atoms with E-state index in [0.717, 1.165) is 0 Å². The number of rotatable bonds is 1. The molecule has 0 aliphatic carbocycles. The third-order valence-corrected chi connectivity index (χ3v) is 2.09. The van der Waals surface area contributed by atoms with Crippen molar-refractivity contribution in [1.29, 1.82) is 5.26 Å². The van der Waals surface area contributed by atoms with Gasteiger partial charge in [-0.15, -0.1) is 0 Å². The molecule has 0 aliphatic rings. The van der Waals surface area contributed by atoms with Crippen LogP contribution in [0, 0.1) is 11.3 Å². The zero-order chi connectivity index (χ0) is 10.8. The summed E-state index contributed by atoms with van der Waals surface area (Å²) in [5, 5.41) is 8.60. The van der Waals surface area contributed by atoms with Crippen LogP contribution >= 0.6 is 0 Å². The average molecular weight is 200 g/mol. The first-order chi connectivity index (χ1) is 7.24. The molecule has 0 bridgehead atoms. The fraction of sp³-hybridized carbons (Fsp3) is 0.100. The average Bonchev–Trinajstić information content (AvgIpc) is 2.56. The van der Waals surface area contributed by atoms with Crippen molar-refractivity contribution in [3.63, 3.8) is 0 Å². The maximum Gasteiger partial charge on any atom is 0.324 e. The Morgan fingerprint density at radius 2 is 2.27 bits per heavy atom. The summed E-state index contributed by atoms with van der Waals surface area (Å²) in [7, 11) is 0. The second-order valence-corrected chi connectivity index (χ2v) is 3.03. The van der Waals surface area contributed by atoms with Crippen LogP contribution in [0.5, 0.6) is 0 Å². The fourth-order valence-electron chi connectivity index (χ4n) is 1.51. The Hall–Kier alpha value is -2.35. The maximum absolute atomic E-state index is 11.2. The summed E-state index contributed by atoms with van der Waals surface area (Å²) in [4.78, 5) is 15.4. The molecule has 2 aromatic rings. The zero-order valence-corrected chi connectivity index (χ0v) is 7.84. The molecule has 1 aromatic carbocycles. The molecule has 0 aliphatic heterocycles. The normalized spacial score (nSPS) is 10.1. The molecule has 1 heterocycles. The Morgan fingerprint density at radius 3 is 2.93 bits per heavy atom. The third kappa shape index (κ3) is 1.42. The molecule has 0 fully saturated rings. The Morgan fingerprint density at radius 1 is 1.53 bits per heavy atom. The van der Waals surface area contributed by atoms with Gasteiger partial charge >= 0.3 is 6.03 Å². The summed E-state index contributed by atoms with van der Waals surface area (Å²) in [5.41, 5.74) is 6.53.